The molecule has 10 nitrogen and oxygen atoms in total. The van der Waals surface area contributed by atoms with Gasteiger partial charge in [-0.25, -0.2) is 4.79 Å². The van der Waals surface area contributed by atoms with E-state index in [4.69, 9.17) is 0 Å². The molecule has 3 amide bonds. The van der Waals surface area contributed by atoms with Crippen LogP contribution in [0, 0.1) is 0 Å². The first kappa shape index (κ1) is 20.0. The molecule has 0 bridgehead atoms. The van der Waals surface area contributed by atoms with Gasteiger partial charge in [-0.05, 0) is 53.6 Å². The summed E-state index contributed by atoms with van der Waals surface area (Å²) in [4.78, 5) is 28.9. The highest BCUT2D eigenvalue weighted by atomic mass is 16.2. The van der Waals surface area contributed by atoms with Crippen LogP contribution in [0.15, 0.2) is 54.6 Å². The third kappa shape index (κ3) is 4.39. The predicted octanol–water partition coefficient (Wildman–Crippen LogP) is 1.91. The summed E-state index contributed by atoms with van der Waals surface area (Å²) in [5, 5.41) is 17.8. The van der Waals surface area contributed by atoms with Crippen LogP contribution in [0.3, 0.4) is 0 Å². The lowest BCUT2D eigenvalue weighted by Gasteiger charge is -2.34. The number of para-hydroxylation sites is 1. The minimum absolute atomic E-state index is 0.0569. The van der Waals surface area contributed by atoms with Gasteiger partial charge >= 0.3 is 6.03 Å². The van der Waals surface area contributed by atoms with Crippen LogP contribution in [0.1, 0.15) is 23.2 Å². The van der Waals surface area contributed by atoms with Gasteiger partial charge in [0.1, 0.15) is 0 Å². The van der Waals surface area contributed by atoms with Gasteiger partial charge in [0, 0.05) is 43.5 Å². The van der Waals surface area contributed by atoms with E-state index in [1.165, 1.54) is 0 Å². The van der Waals surface area contributed by atoms with E-state index >= 15 is 0 Å². The zero-order chi connectivity index (χ0) is 21.9. The fraction of sp³-hybridized carbons (Fsp3) is 0.318. The van der Waals surface area contributed by atoms with E-state index in [9.17, 15) is 9.59 Å². The molecule has 2 fully saturated rings. The Morgan fingerprint density at radius 1 is 0.938 bits per heavy atom. The molecule has 2 N–H and O–H groups in total. The molecule has 0 unspecified atom stereocenters. The maximum Gasteiger partial charge on any atom is 0.319 e. The number of hydrogen-bond donors (Lipinski definition) is 2. The summed E-state index contributed by atoms with van der Waals surface area (Å²) in [6.45, 7) is 2.36. The standard InChI is InChI=1S/C22H24N8O2/c31-20(16-5-4-6-18(15-16)24-21(32)23-17-9-10-17)28-11-13-29(14-12-28)22-25-26-27-30(22)19-7-2-1-3-8-19/h1-8,15,17H,9-14H2,(H2,23,24,32). The molecular weight excluding hydrogens is 408 g/mol. The van der Waals surface area contributed by atoms with Crippen molar-refractivity contribution in [1.82, 2.24) is 30.4 Å². The van der Waals surface area contributed by atoms with Gasteiger partial charge in [-0.1, -0.05) is 29.4 Å². The van der Waals surface area contributed by atoms with Gasteiger partial charge in [-0.2, -0.15) is 4.68 Å². The average Bonchev–Trinajstić information content (AvgIpc) is 3.50. The molecule has 0 radical (unpaired) electrons. The highest BCUT2D eigenvalue weighted by Crippen LogP contribution is 2.20. The van der Waals surface area contributed by atoms with Crippen LogP contribution < -0.4 is 15.5 Å². The van der Waals surface area contributed by atoms with Crippen molar-refractivity contribution in [1.29, 1.82) is 0 Å². The summed E-state index contributed by atoms with van der Waals surface area (Å²) in [6.07, 6.45) is 2.05. The number of carbonyl (C=O) groups is 2. The highest BCUT2D eigenvalue weighted by molar-refractivity contribution is 5.97. The summed E-state index contributed by atoms with van der Waals surface area (Å²) in [7, 11) is 0. The molecule has 0 atom stereocenters. The van der Waals surface area contributed by atoms with Crippen LogP contribution in [0.4, 0.5) is 16.4 Å². The molecular formula is C22H24N8O2. The Balaban J connectivity index is 1.21. The summed E-state index contributed by atoms with van der Waals surface area (Å²) in [6, 6.07) is 16.8. The summed E-state index contributed by atoms with van der Waals surface area (Å²) in [5.41, 5.74) is 2.05. The normalized spacial score (nSPS) is 16.0. The minimum Gasteiger partial charge on any atom is -0.336 e. The van der Waals surface area contributed by atoms with Gasteiger partial charge in [0.05, 0.1) is 5.69 Å². The number of aromatic nitrogens is 4. The average molecular weight is 432 g/mol. The predicted molar refractivity (Wildman–Crippen MR) is 119 cm³/mol. The van der Waals surface area contributed by atoms with E-state index in [-0.39, 0.29) is 18.0 Å². The summed E-state index contributed by atoms with van der Waals surface area (Å²) < 4.78 is 1.71. The van der Waals surface area contributed by atoms with Crippen molar-refractivity contribution in [3.63, 3.8) is 0 Å². The molecule has 2 aromatic carbocycles. The number of benzene rings is 2. The van der Waals surface area contributed by atoms with Crippen LogP contribution in [0.25, 0.3) is 5.69 Å². The van der Waals surface area contributed by atoms with Gasteiger partial charge in [-0.3, -0.25) is 4.79 Å². The SMILES string of the molecule is O=C(Nc1cccc(C(=O)N2CCN(c3nnnn3-c3ccccc3)CC2)c1)NC1CC1. The zero-order valence-corrected chi connectivity index (χ0v) is 17.5. The van der Waals surface area contributed by atoms with E-state index < -0.39 is 0 Å². The van der Waals surface area contributed by atoms with E-state index in [2.05, 4.69) is 31.1 Å². The van der Waals surface area contributed by atoms with Gasteiger partial charge in [-0.15, -0.1) is 0 Å². The van der Waals surface area contributed by atoms with Crippen LogP contribution in [0.5, 0.6) is 0 Å². The largest absolute Gasteiger partial charge is 0.336 e. The first-order valence-corrected chi connectivity index (χ1v) is 10.7. The number of anilines is 2. The first-order chi connectivity index (χ1) is 15.7. The number of rotatable bonds is 5. The van der Waals surface area contributed by atoms with Crippen LogP contribution in [0.2, 0.25) is 0 Å². The third-order valence-corrected chi connectivity index (χ3v) is 5.58. The highest BCUT2D eigenvalue weighted by Gasteiger charge is 2.26. The van der Waals surface area contributed by atoms with Gasteiger partial charge < -0.3 is 20.4 Å². The van der Waals surface area contributed by atoms with Crippen molar-refractivity contribution < 1.29 is 9.59 Å². The number of tetrazole rings is 1. The van der Waals surface area contributed by atoms with Crippen LogP contribution >= 0.6 is 0 Å². The lowest BCUT2D eigenvalue weighted by atomic mass is 10.1. The Morgan fingerprint density at radius 2 is 1.72 bits per heavy atom. The Hall–Kier alpha value is -3.95. The van der Waals surface area contributed by atoms with Crippen molar-refractivity contribution >= 4 is 23.6 Å². The fourth-order valence-electron chi connectivity index (χ4n) is 3.72. The van der Waals surface area contributed by atoms with Crippen LogP contribution in [-0.4, -0.2) is 69.3 Å². The van der Waals surface area contributed by atoms with Gasteiger partial charge in [0.25, 0.3) is 5.91 Å². The number of urea groups is 1. The third-order valence-electron chi connectivity index (χ3n) is 5.58. The molecule has 10 heteroatoms. The summed E-state index contributed by atoms with van der Waals surface area (Å²) in [5.74, 6) is 0.606. The van der Waals surface area contributed by atoms with Crippen molar-refractivity contribution in [3.05, 3.63) is 60.2 Å². The van der Waals surface area contributed by atoms with E-state index in [1.807, 2.05) is 35.2 Å². The molecule has 2 heterocycles. The number of piperazine rings is 1. The second-order valence-electron chi connectivity index (χ2n) is 7.96. The number of nitrogens with zero attached hydrogens (tertiary/aromatic N) is 6. The van der Waals surface area contributed by atoms with Crippen molar-refractivity contribution in [2.75, 3.05) is 36.4 Å². The van der Waals surface area contributed by atoms with Crippen molar-refractivity contribution in [2.24, 2.45) is 0 Å². The molecule has 1 aliphatic heterocycles. The Bertz CT molecular complexity index is 1100. The lowest BCUT2D eigenvalue weighted by molar-refractivity contribution is 0.0746. The smallest absolute Gasteiger partial charge is 0.319 e. The second-order valence-corrected chi connectivity index (χ2v) is 7.96. The van der Waals surface area contributed by atoms with Gasteiger partial charge in [0.15, 0.2) is 0 Å². The maximum atomic E-state index is 13.0. The molecule has 5 rings (SSSR count). The summed E-state index contributed by atoms with van der Waals surface area (Å²) >= 11 is 0. The van der Waals surface area contributed by atoms with E-state index in [0.29, 0.717) is 43.4 Å². The molecule has 1 saturated carbocycles. The quantitative estimate of drug-likeness (QED) is 0.638. The molecule has 1 aliphatic carbocycles. The fourth-order valence-corrected chi connectivity index (χ4v) is 3.72. The van der Waals surface area contributed by atoms with E-state index in [0.717, 1.165) is 18.5 Å². The zero-order valence-electron chi connectivity index (χ0n) is 17.5. The number of amides is 3. The van der Waals surface area contributed by atoms with E-state index in [1.54, 1.807) is 28.9 Å². The Kier molecular flexibility index (Phi) is 5.40. The van der Waals surface area contributed by atoms with Crippen molar-refractivity contribution in [2.45, 2.75) is 18.9 Å². The topological polar surface area (TPSA) is 108 Å². The number of nitrogens with one attached hydrogen (secondary N) is 2. The number of carbonyl (C=O) groups excluding carboxylic acids is 2. The molecule has 1 saturated heterocycles. The van der Waals surface area contributed by atoms with Crippen LogP contribution in [-0.2, 0) is 0 Å². The minimum atomic E-state index is -0.234. The van der Waals surface area contributed by atoms with Gasteiger partial charge in [0.2, 0.25) is 5.95 Å². The molecule has 2 aliphatic rings. The first-order valence-electron chi connectivity index (χ1n) is 10.7. The molecule has 1 aromatic heterocycles. The molecule has 32 heavy (non-hydrogen) atoms. The second kappa shape index (κ2) is 8.66. The Labute approximate surface area is 185 Å². The molecule has 164 valence electrons. The maximum absolute atomic E-state index is 13.0. The number of hydrogen-bond acceptors (Lipinski definition) is 6. The lowest BCUT2D eigenvalue weighted by Crippen LogP contribution is -2.49. The Morgan fingerprint density at radius 3 is 2.47 bits per heavy atom. The molecule has 0 spiro atoms. The monoisotopic (exact) mass is 432 g/mol. The van der Waals surface area contributed by atoms with Crippen molar-refractivity contribution in [3.8, 4) is 5.69 Å². The molecule has 3 aromatic rings.